The fourth-order valence-corrected chi connectivity index (χ4v) is 3.08. The Hall–Kier alpha value is -0.820. The summed E-state index contributed by atoms with van der Waals surface area (Å²) < 4.78 is 0. The Bertz CT molecular complexity index is 443. The number of hydrogen-bond donors (Lipinski definition) is 1. The van der Waals surface area contributed by atoms with Crippen LogP contribution in [-0.4, -0.2) is 30.2 Å². The molecule has 1 aromatic rings. The van der Waals surface area contributed by atoms with Gasteiger partial charge in [0.2, 0.25) is 0 Å². The Labute approximate surface area is 114 Å². The average Bonchev–Trinajstić information content (AvgIpc) is 2.84. The fraction of sp³-hybridized carbons (Fsp3) is 0.600. The van der Waals surface area contributed by atoms with Crippen molar-refractivity contribution in [1.29, 1.82) is 0 Å². The number of nitrogens with zero attached hydrogens (tertiary/aromatic N) is 1. The Kier molecular flexibility index (Phi) is 4.82. The van der Waals surface area contributed by atoms with Crippen LogP contribution in [0.5, 0.6) is 0 Å². The predicted octanol–water partition coefficient (Wildman–Crippen LogP) is 2.57. The standard InChI is InChI=1S/C15H21NOS/c1-12-9-13(12)10-16(2)11-15-7-6-14(18-15)5-3-4-8-17/h6-7,12-13,17H,4,8-11H2,1-2H3. The van der Waals surface area contributed by atoms with E-state index in [2.05, 4.69) is 42.8 Å². The van der Waals surface area contributed by atoms with E-state index in [-0.39, 0.29) is 6.61 Å². The van der Waals surface area contributed by atoms with Crippen molar-refractivity contribution in [3.8, 4) is 11.8 Å². The maximum Gasteiger partial charge on any atom is 0.0771 e. The maximum absolute atomic E-state index is 8.67. The molecule has 1 aliphatic carbocycles. The zero-order valence-corrected chi connectivity index (χ0v) is 12.0. The van der Waals surface area contributed by atoms with Gasteiger partial charge in [0.25, 0.3) is 0 Å². The molecule has 0 amide bonds. The lowest BCUT2D eigenvalue weighted by atomic mass is 10.3. The third-order valence-electron chi connectivity index (χ3n) is 3.36. The van der Waals surface area contributed by atoms with Crippen LogP contribution >= 0.6 is 11.3 Å². The molecule has 0 bridgehead atoms. The first-order valence-electron chi connectivity index (χ1n) is 6.56. The Balaban J connectivity index is 1.81. The monoisotopic (exact) mass is 263 g/mol. The van der Waals surface area contributed by atoms with Gasteiger partial charge in [-0.1, -0.05) is 18.8 Å². The van der Waals surface area contributed by atoms with E-state index in [9.17, 15) is 0 Å². The molecule has 0 aromatic carbocycles. The van der Waals surface area contributed by atoms with Crippen molar-refractivity contribution >= 4 is 11.3 Å². The molecule has 98 valence electrons. The van der Waals surface area contributed by atoms with E-state index in [1.807, 2.05) is 0 Å². The second-order valence-electron chi connectivity index (χ2n) is 5.21. The minimum absolute atomic E-state index is 0.146. The van der Waals surface area contributed by atoms with Gasteiger partial charge in [-0.2, -0.15) is 0 Å². The topological polar surface area (TPSA) is 23.5 Å². The van der Waals surface area contributed by atoms with E-state index in [0.717, 1.165) is 23.3 Å². The summed E-state index contributed by atoms with van der Waals surface area (Å²) in [6.07, 6.45) is 1.96. The fourth-order valence-electron chi connectivity index (χ4n) is 2.12. The summed E-state index contributed by atoms with van der Waals surface area (Å²) in [6.45, 7) is 4.71. The highest BCUT2D eigenvalue weighted by Crippen LogP contribution is 2.38. The van der Waals surface area contributed by atoms with Gasteiger partial charge in [0.05, 0.1) is 11.5 Å². The average molecular weight is 263 g/mol. The van der Waals surface area contributed by atoms with Crippen LogP contribution in [0.3, 0.4) is 0 Å². The highest BCUT2D eigenvalue weighted by molar-refractivity contribution is 7.12. The lowest BCUT2D eigenvalue weighted by Crippen LogP contribution is -2.20. The van der Waals surface area contributed by atoms with Crippen molar-refractivity contribution in [3.05, 3.63) is 21.9 Å². The molecule has 3 heteroatoms. The molecule has 1 saturated carbocycles. The molecule has 1 aromatic heterocycles. The summed E-state index contributed by atoms with van der Waals surface area (Å²) in [5, 5.41) is 8.67. The molecular formula is C15H21NOS. The van der Waals surface area contributed by atoms with Gasteiger partial charge < -0.3 is 10.0 Å². The van der Waals surface area contributed by atoms with Crippen molar-refractivity contribution in [1.82, 2.24) is 4.90 Å². The van der Waals surface area contributed by atoms with Crippen molar-refractivity contribution < 1.29 is 5.11 Å². The number of rotatable bonds is 5. The number of aliphatic hydroxyl groups excluding tert-OH is 1. The molecule has 2 atom stereocenters. The van der Waals surface area contributed by atoms with E-state index in [1.165, 1.54) is 17.8 Å². The number of thiophene rings is 1. The van der Waals surface area contributed by atoms with Crippen molar-refractivity contribution in [2.45, 2.75) is 26.3 Å². The first-order valence-corrected chi connectivity index (χ1v) is 7.37. The molecule has 0 aliphatic heterocycles. The molecule has 0 radical (unpaired) electrons. The first kappa shape index (κ1) is 13.6. The predicted molar refractivity (Wildman–Crippen MR) is 76.5 cm³/mol. The second kappa shape index (κ2) is 6.38. The Morgan fingerprint density at radius 2 is 2.28 bits per heavy atom. The molecule has 0 spiro atoms. The lowest BCUT2D eigenvalue weighted by molar-refractivity contribution is 0.305. The SMILES string of the molecule is CC1CC1CN(C)Cc1ccc(C#CCCO)s1. The van der Waals surface area contributed by atoms with Gasteiger partial charge in [0.1, 0.15) is 0 Å². The molecule has 2 nitrogen and oxygen atoms in total. The van der Waals surface area contributed by atoms with E-state index >= 15 is 0 Å². The summed E-state index contributed by atoms with van der Waals surface area (Å²) >= 11 is 1.76. The van der Waals surface area contributed by atoms with Gasteiger partial charge in [-0.05, 0) is 37.4 Å². The van der Waals surface area contributed by atoms with Gasteiger partial charge in [0.15, 0.2) is 0 Å². The minimum Gasteiger partial charge on any atom is -0.395 e. The van der Waals surface area contributed by atoms with Gasteiger partial charge in [0, 0.05) is 24.4 Å². The summed E-state index contributed by atoms with van der Waals surface area (Å²) in [6, 6.07) is 4.25. The minimum atomic E-state index is 0.146. The van der Waals surface area contributed by atoms with Crippen LogP contribution in [0.4, 0.5) is 0 Å². The lowest BCUT2D eigenvalue weighted by Gasteiger charge is -2.14. The highest BCUT2D eigenvalue weighted by atomic mass is 32.1. The summed E-state index contributed by atoms with van der Waals surface area (Å²) in [4.78, 5) is 4.89. The van der Waals surface area contributed by atoms with E-state index in [0.29, 0.717) is 6.42 Å². The van der Waals surface area contributed by atoms with E-state index in [1.54, 1.807) is 11.3 Å². The van der Waals surface area contributed by atoms with Gasteiger partial charge in [-0.3, -0.25) is 0 Å². The molecule has 18 heavy (non-hydrogen) atoms. The van der Waals surface area contributed by atoms with E-state index < -0.39 is 0 Å². The van der Waals surface area contributed by atoms with Crippen LogP contribution < -0.4 is 0 Å². The van der Waals surface area contributed by atoms with E-state index in [4.69, 9.17) is 5.11 Å². The van der Waals surface area contributed by atoms with Crippen molar-refractivity contribution in [2.75, 3.05) is 20.2 Å². The van der Waals surface area contributed by atoms with Crippen LogP contribution in [0, 0.1) is 23.7 Å². The third-order valence-corrected chi connectivity index (χ3v) is 4.34. The van der Waals surface area contributed by atoms with Gasteiger partial charge >= 0.3 is 0 Å². The van der Waals surface area contributed by atoms with Gasteiger partial charge in [-0.25, -0.2) is 0 Å². The normalized spacial score (nSPS) is 21.8. The molecule has 1 heterocycles. The molecule has 1 aliphatic rings. The van der Waals surface area contributed by atoms with Gasteiger partial charge in [-0.15, -0.1) is 11.3 Å². The van der Waals surface area contributed by atoms with Crippen molar-refractivity contribution in [3.63, 3.8) is 0 Å². The van der Waals surface area contributed by atoms with Crippen LogP contribution in [0.25, 0.3) is 0 Å². The number of hydrogen-bond acceptors (Lipinski definition) is 3. The van der Waals surface area contributed by atoms with Crippen LogP contribution in [-0.2, 0) is 6.54 Å². The molecule has 0 saturated heterocycles. The van der Waals surface area contributed by atoms with Crippen LogP contribution in [0.15, 0.2) is 12.1 Å². The first-order chi connectivity index (χ1) is 8.69. The van der Waals surface area contributed by atoms with Crippen LogP contribution in [0.2, 0.25) is 0 Å². The molecule has 1 N–H and O–H groups in total. The third kappa shape index (κ3) is 4.13. The van der Waals surface area contributed by atoms with Crippen LogP contribution in [0.1, 0.15) is 29.5 Å². The Morgan fingerprint density at radius 3 is 2.94 bits per heavy atom. The maximum atomic E-state index is 8.67. The second-order valence-corrected chi connectivity index (χ2v) is 6.38. The highest BCUT2D eigenvalue weighted by Gasteiger charge is 2.32. The zero-order valence-electron chi connectivity index (χ0n) is 11.1. The summed E-state index contributed by atoms with van der Waals surface area (Å²) in [5.41, 5.74) is 0. The quantitative estimate of drug-likeness (QED) is 0.825. The largest absolute Gasteiger partial charge is 0.395 e. The number of aliphatic hydroxyl groups is 1. The molecule has 1 fully saturated rings. The molecular weight excluding hydrogens is 242 g/mol. The summed E-state index contributed by atoms with van der Waals surface area (Å²) in [7, 11) is 2.20. The smallest absolute Gasteiger partial charge is 0.0771 e. The molecule has 2 unspecified atom stereocenters. The van der Waals surface area contributed by atoms with Crippen molar-refractivity contribution in [2.24, 2.45) is 11.8 Å². The summed E-state index contributed by atoms with van der Waals surface area (Å²) in [5.74, 6) is 7.89. The Morgan fingerprint density at radius 1 is 1.50 bits per heavy atom. The molecule has 2 rings (SSSR count). The zero-order chi connectivity index (χ0) is 13.0.